The van der Waals surface area contributed by atoms with Crippen molar-refractivity contribution in [2.24, 2.45) is 11.8 Å². The van der Waals surface area contributed by atoms with Gasteiger partial charge in [-0.15, -0.1) is 0 Å². The molecule has 1 aromatic rings. The number of carbonyl (C=O) groups excluding carboxylic acids is 1. The number of carbonyl (C=O) groups is 1. The van der Waals surface area contributed by atoms with Crippen LogP contribution in [0.3, 0.4) is 0 Å². The first-order valence-electron chi connectivity index (χ1n) is 5.97. The van der Waals surface area contributed by atoms with Crippen LogP contribution in [0.15, 0.2) is 22.7 Å². The minimum absolute atomic E-state index is 0.00920. The summed E-state index contributed by atoms with van der Waals surface area (Å²) in [5.74, 6) is 1.15. The zero-order valence-electron chi connectivity index (χ0n) is 10.5. The van der Waals surface area contributed by atoms with Crippen molar-refractivity contribution in [3.63, 3.8) is 0 Å². The van der Waals surface area contributed by atoms with E-state index in [4.69, 9.17) is 4.74 Å². The summed E-state index contributed by atoms with van der Waals surface area (Å²) in [6.07, 6.45) is 0. The Morgan fingerprint density at radius 3 is 2.83 bits per heavy atom. The molecular formula is C13H17BrN2O2. The molecule has 1 aliphatic rings. The molecule has 18 heavy (non-hydrogen) atoms. The fourth-order valence-electron chi connectivity index (χ4n) is 1.90. The van der Waals surface area contributed by atoms with Gasteiger partial charge in [-0.2, -0.15) is 0 Å². The maximum atomic E-state index is 12.1. The van der Waals surface area contributed by atoms with E-state index < -0.39 is 0 Å². The molecule has 0 bridgehead atoms. The molecular weight excluding hydrogens is 296 g/mol. The number of rotatable bonds is 4. The van der Waals surface area contributed by atoms with Gasteiger partial charge in [-0.25, -0.2) is 0 Å². The molecule has 1 atom stereocenters. The Hall–Kier alpha value is -1.07. The number of halogens is 1. The Bertz CT molecular complexity index is 447. The minimum Gasteiger partial charge on any atom is -0.495 e. The molecule has 5 heteroatoms. The predicted octanol–water partition coefficient (Wildman–Crippen LogP) is 2.25. The number of ether oxygens (including phenoxy) is 1. The smallest absolute Gasteiger partial charge is 0.227 e. The van der Waals surface area contributed by atoms with E-state index in [2.05, 4.69) is 26.6 Å². The van der Waals surface area contributed by atoms with Crippen LogP contribution in [0, 0.1) is 11.8 Å². The monoisotopic (exact) mass is 312 g/mol. The Kier molecular flexibility index (Phi) is 4.24. The van der Waals surface area contributed by atoms with Gasteiger partial charge in [-0.1, -0.05) is 22.9 Å². The van der Waals surface area contributed by atoms with Crippen molar-refractivity contribution in [1.29, 1.82) is 0 Å². The van der Waals surface area contributed by atoms with E-state index in [0.717, 1.165) is 17.6 Å². The van der Waals surface area contributed by atoms with Crippen LogP contribution in [0.4, 0.5) is 5.69 Å². The number of methoxy groups -OCH3 is 1. The summed E-state index contributed by atoms with van der Waals surface area (Å²) in [5.41, 5.74) is 0.705. The summed E-state index contributed by atoms with van der Waals surface area (Å²) in [6, 6.07) is 5.56. The molecule has 98 valence electrons. The van der Waals surface area contributed by atoms with Gasteiger partial charge in [-0.3, -0.25) is 4.79 Å². The zero-order chi connectivity index (χ0) is 13.1. The summed E-state index contributed by atoms with van der Waals surface area (Å²) in [6.45, 7) is 3.81. The second kappa shape index (κ2) is 5.71. The second-order valence-corrected chi connectivity index (χ2v) is 5.46. The van der Waals surface area contributed by atoms with Crippen LogP contribution >= 0.6 is 15.9 Å². The zero-order valence-corrected chi connectivity index (χ0v) is 12.1. The van der Waals surface area contributed by atoms with Crippen molar-refractivity contribution >= 4 is 27.5 Å². The third kappa shape index (κ3) is 2.84. The molecule has 2 rings (SSSR count). The first-order valence-corrected chi connectivity index (χ1v) is 6.76. The van der Waals surface area contributed by atoms with Crippen LogP contribution in [-0.4, -0.2) is 26.1 Å². The first-order chi connectivity index (χ1) is 8.61. The van der Waals surface area contributed by atoms with Gasteiger partial charge < -0.3 is 15.4 Å². The van der Waals surface area contributed by atoms with E-state index in [-0.39, 0.29) is 11.8 Å². The van der Waals surface area contributed by atoms with Crippen molar-refractivity contribution in [2.45, 2.75) is 6.92 Å². The number of benzene rings is 1. The van der Waals surface area contributed by atoms with Crippen LogP contribution in [-0.2, 0) is 4.79 Å². The third-order valence-corrected chi connectivity index (χ3v) is 3.85. The molecule has 2 N–H and O–H groups in total. The Balaban J connectivity index is 2.07. The van der Waals surface area contributed by atoms with Crippen molar-refractivity contribution in [2.75, 3.05) is 25.5 Å². The fourth-order valence-corrected chi connectivity index (χ4v) is 2.26. The number of amides is 1. The molecule has 4 nitrogen and oxygen atoms in total. The Morgan fingerprint density at radius 2 is 2.28 bits per heavy atom. The fraction of sp³-hybridized carbons (Fsp3) is 0.462. The molecule has 0 spiro atoms. The lowest BCUT2D eigenvalue weighted by molar-refractivity contribution is -0.121. The molecule has 1 amide bonds. The molecule has 1 saturated heterocycles. The molecule has 0 aromatic heterocycles. The van der Waals surface area contributed by atoms with Crippen molar-refractivity contribution < 1.29 is 9.53 Å². The van der Waals surface area contributed by atoms with E-state index >= 15 is 0 Å². The first kappa shape index (κ1) is 13.4. The molecule has 1 heterocycles. The Labute approximate surface area is 115 Å². The SMILES string of the molecule is COc1ccc(Br)cc1NC(=O)C(C)C1CNC1. The minimum atomic E-state index is 0.00920. The standard InChI is InChI=1S/C13H17BrN2O2/c1-8(9-6-15-7-9)13(17)16-11-5-10(14)3-4-12(11)18-2/h3-5,8-9,15H,6-7H2,1-2H3,(H,16,17). The highest BCUT2D eigenvalue weighted by atomic mass is 79.9. The molecule has 0 aliphatic carbocycles. The molecule has 1 fully saturated rings. The van der Waals surface area contributed by atoms with Crippen LogP contribution in [0.25, 0.3) is 0 Å². The summed E-state index contributed by atoms with van der Waals surface area (Å²) in [4.78, 5) is 12.1. The van der Waals surface area contributed by atoms with Crippen LogP contribution in [0.2, 0.25) is 0 Å². The van der Waals surface area contributed by atoms with Gasteiger partial charge in [0.1, 0.15) is 5.75 Å². The lowest BCUT2D eigenvalue weighted by atomic mass is 9.88. The predicted molar refractivity (Wildman–Crippen MR) is 74.8 cm³/mol. The van der Waals surface area contributed by atoms with Gasteiger partial charge in [0.25, 0.3) is 0 Å². The quantitative estimate of drug-likeness (QED) is 0.896. The third-order valence-electron chi connectivity index (χ3n) is 3.35. The number of hydrogen-bond donors (Lipinski definition) is 2. The van der Waals surface area contributed by atoms with Gasteiger partial charge in [0.15, 0.2) is 0 Å². The highest BCUT2D eigenvalue weighted by Gasteiger charge is 2.29. The van der Waals surface area contributed by atoms with Gasteiger partial charge >= 0.3 is 0 Å². The van der Waals surface area contributed by atoms with E-state index in [9.17, 15) is 4.79 Å². The largest absolute Gasteiger partial charge is 0.495 e. The lowest BCUT2D eigenvalue weighted by Gasteiger charge is -2.31. The topological polar surface area (TPSA) is 50.4 Å². The van der Waals surface area contributed by atoms with Crippen LogP contribution in [0.5, 0.6) is 5.75 Å². The molecule has 0 saturated carbocycles. The highest BCUT2D eigenvalue weighted by Crippen LogP contribution is 2.29. The second-order valence-electron chi connectivity index (χ2n) is 4.54. The van der Waals surface area contributed by atoms with E-state index in [0.29, 0.717) is 17.4 Å². The summed E-state index contributed by atoms with van der Waals surface area (Å²) in [5, 5.41) is 6.11. The van der Waals surface area contributed by atoms with Gasteiger partial charge in [-0.05, 0) is 37.2 Å². The lowest BCUT2D eigenvalue weighted by Crippen LogP contribution is -2.48. The molecule has 1 aliphatic heterocycles. The van der Waals surface area contributed by atoms with Gasteiger partial charge in [0.2, 0.25) is 5.91 Å². The van der Waals surface area contributed by atoms with Crippen LogP contribution < -0.4 is 15.4 Å². The normalized spacial score (nSPS) is 16.8. The number of hydrogen-bond acceptors (Lipinski definition) is 3. The number of anilines is 1. The Morgan fingerprint density at radius 1 is 1.56 bits per heavy atom. The summed E-state index contributed by atoms with van der Waals surface area (Å²) in [7, 11) is 1.60. The summed E-state index contributed by atoms with van der Waals surface area (Å²) >= 11 is 3.39. The van der Waals surface area contributed by atoms with Crippen molar-refractivity contribution in [1.82, 2.24) is 5.32 Å². The molecule has 0 radical (unpaired) electrons. The molecule has 1 unspecified atom stereocenters. The average molecular weight is 313 g/mol. The van der Waals surface area contributed by atoms with Crippen LogP contribution in [0.1, 0.15) is 6.92 Å². The van der Waals surface area contributed by atoms with Gasteiger partial charge in [0.05, 0.1) is 12.8 Å². The maximum Gasteiger partial charge on any atom is 0.227 e. The highest BCUT2D eigenvalue weighted by molar-refractivity contribution is 9.10. The summed E-state index contributed by atoms with van der Waals surface area (Å²) < 4.78 is 6.15. The van der Waals surface area contributed by atoms with Crippen molar-refractivity contribution in [3.8, 4) is 5.75 Å². The number of nitrogens with one attached hydrogen (secondary N) is 2. The van der Waals surface area contributed by atoms with E-state index in [1.807, 2.05) is 25.1 Å². The van der Waals surface area contributed by atoms with Gasteiger partial charge in [0, 0.05) is 10.4 Å². The maximum absolute atomic E-state index is 12.1. The average Bonchev–Trinajstić information content (AvgIpc) is 2.27. The molecule has 1 aromatic carbocycles. The van der Waals surface area contributed by atoms with E-state index in [1.165, 1.54) is 0 Å². The van der Waals surface area contributed by atoms with E-state index in [1.54, 1.807) is 7.11 Å². The van der Waals surface area contributed by atoms with Crippen molar-refractivity contribution in [3.05, 3.63) is 22.7 Å².